The molecular weight excluding hydrogens is 534 g/mol. The average Bonchev–Trinajstić information content (AvgIpc) is 3.64. The first-order chi connectivity index (χ1) is 18.9. The van der Waals surface area contributed by atoms with Gasteiger partial charge in [0.15, 0.2) is 4.80 Å². The number of furan rings is 2. The van der Waals surface area contributed by atoms with Gasteiger partial charge in [0.2, 0.25) is 0 Å². The number of rotatable bonds is 5. The van der Waals surface area contributed by atoms with E-state index in [9.17, 15) is 9.59 Å². The van der Waals surface area contributed by atoms with E-state index in [4.69, 9.17) is 20.4 Å². The number of hydrogen-bond acceptors (Lipinski definition) is 6. The lowest BCUT2D eigenvalue weighted by molar-refractivity contribution is -0.113. The van der Waals surface area contributed by atoms with Crippen LogP contribution >= 0.6 is 22.9 Å². The van der Waals surface area contributed by atoms with Gasteiger partial charge in [-0.3, -0.25) is 14.2 Å². The summed E-state index contributed by atoms with van der Waals surface area (Å²) < 4.78 is 13.9. The van der Waals surface area contributed by atoms with E-state index in [-0.39, 0.29) is 11.5 Å². The van der Waals surface area contributed by atoms with Crippen molar-refractivity contribution in [2.45, 2.75) is 19.9 Å². The fourth-order valence-electron chi connectivity index (χ4n) is 4.56. The summed E-state index contributed by atoms with van der Waals surface area (Å²) in [6.07, 6.45) is 1.69. The highest BCUT2D eigenvalue weighted by Gasteiger charge is 2.34. The summed E-state index contributed by atoms with van der Waals surface area (Å²) in [5.74, 6) is 1.95. The predicted octanol–water partition coefficient (Wildman–Crippen LogP) is 5.69. The molecule has 1 aliphatic rings. The molecule has 0 bridgehead atoms. The van der Waals surface area contributed by atoms with Gasteiger partial charge in [-0.2, -0.15) is 0 Å². The SMILES string of the molecule is CC1=C(C(=O)Nc2ccccc2)[C@H](c2ccc(C)o2)n2c(s/c(=C/c3ccc(-c4cccc(Cl)c4)o3)c2=O)=N1. The molecule has 2 aromatic carbocycles. The number of benzene rings is 2. The minimum absolute atomic E-state index is 0.295. The van der Waals surface area contributed by atoms with Crippen LogP contribution in [0.5, 0.6) is 0 Å². The fourth-order valence-corrected chi connectivity index (χ4v) is 5.77. The molecule has 39 heavy (non-hydrogen) atoms. The number of allylic oxidation sites excluding steroid dienone is 1. The Kier molecular flexibility index (Phi) is 6.42. The number of amides is 1. The predicted molar refractivity (Wildman–Crippen MR) is 151 cm³/mol. The van der Waals surface area contributed by atoms with Crippen LogP contribution in [0.25, 0.3) is 17.4 Å². The van der Waals surface area contributed by atoms with Crippen molar-refractivity contribution in [3.8, 4) is 11.3 Å². The lowest BCUT2D eigenvalue weighted by atomic mass is 10.00. The van der Waals surface area contributed by atoms with Crippen molar-refractivity contribution in [3.05, 3.63) is 132 Å². The largest absolute Gasteiger partial charge is 0.464 e. The van der Waals surface area contributed by atoms with Gasteiger partial charge >= 0.3 is 0 Å². The summed E-state index contributed by atoms with van der Waals surface area (Å²) in [6, 6.07) is 23.0. The monoisotopic (exact) mass is 555 g/mol. The maximum Gasteiger partial charge on any atom is 0.271 e. The van der Waals surface area contributed by atoms with E-state index >= 15 is 0 Å². The zero-order chi connectivity index (χ0) is 27.1. The molecule has 0 spiro atoms. The number of carbonyl (C=O) groups is 1. The number of thiazole rings is 1. The van der Waals surface area contributed by atoms with Crippen molar-refractivity contribution in [1.82, 2.24) is 4.57 Å². The minimum Gasteiger partial charge on any atom is -0.464 e. The molecular formula is C30H22ClN3O4S. The van der Waals surface area contributed by atoms with Crippen molar-refractivity contribution < 1.29 is 13.6 Å². The van der Waals surface area contributed by atoms with E-state index in [1.807, 2.05) is 55.5 Å². The number of aryl methyl sites for hydroxylation is 1. The topological polar surface area (TPSA) is 89.7 Å². The quantitative estimate of drug-likeness (QED) is 0.302. The molecule has 0 aliphatic carbocycles. The average molecular weight is 556 g/mol. The third-order valence-electron chi connectivity index (χ3n) is 6.34. The van der Waals surface area contributed by atoms with E-state index in [0.29, 0.717) is 54.4 Å². The molecule has 0 saturated carbocycles. The zero-order valence-electron chi connectivity index (χ0n) is 21.0. The second kappa shape index (κ2) is 10.1. The highest BCUT2D eigenvalue weighted by atomic mass is 35.5. The maximum absolute atomic E-state index is 13.8. The van der Waals surface area contributed by atoms with Crippen LogP contribution in [0.3, 0.4) is 0 Å². The van der Waals surface area contributed by atoms with Gasteiger partial charge in [-0.05, 0) is 62.4 Å². The molecule has 1 aliphatic heterocycles. The van der Waals surface area contributed by atoms with Crippen LogP contribution in [0.2, 0.25) is 5.02 Å². The Morgan fingerprint density at radius 3 is 2.59 bits per heavy atom. The molecule has 194 valence electrons. The highest BCUT2D eigenvalue weighted by Crippen LogP contribution is 2.32. The number of hydrogen-bond donors (Lipinski definition) is 1. The number of anilines is 1. The fraction of sp³-hybridized carbons (Fsp3) is 0.100. The molecule has 5 aromatic rings. The van der Waals surface area contributed by atoms with E-state index in [2.05, 4.69) is 10.3 Å². The third-order valence-corrected chi connectivity index (χ3v) is 7.56. The molecule has 0 fully saturated rings. The second-order valence-corrected chi connectivity index (χ2v) is 10.5. The van der Waals surface area contributed by atoms with E-state index in [1.165, 1.54) is 15.9 Å². The van der Waals surface area contributed by atoms with E-state index in [0.717, 1.165) is 5.56 Å². The molecule has 7 nitrogen and oxygen atoms in total. The van der Waals surface area contributed by atoms with Gasteiger partial charge in [0.05, 0.1) is 15.8 Å². The summed E-state index contributed by atoms with van der Waals surface area (Å²) in [5, 5.41) is 3.53. The van der Waals surface area contributed by atoms with Crippen molar-refractivity contribution in [1.29, 1.82) is 0 Å². The van der Waals surface area contributed by atoms with E-state index in [1.54, 1.807) is 43.3 Å². The summed E-state index contributed by atoms with van der Waals surface area (Å²) in [6.45, 7) is 3.59. The first-order valence-corrected chi connectivity index (χ1v) is 13.4. The van der Waals surface area contributed by atoms with Crippen LogP contribution in [0, 0.1) is 6.92 Å². The molecule has 4 heterocycles. The number of halogens is 1. The Morgan fingerprint density at radius 1 is 1.03 bits per heavy atom. The number of fused-ring (bicyclic) bond motifs is 1. The molecule has 9 heteroatoms. The number of para-hydroxylation sites is 1. The number of aromatic nitrogens is 1. The molecule has 0 saturated heterocycles. The van der Waals surface area contributed by atoms with Gasteiger partial charge in [0.25, 0.3) is 11.5 Å². The van der Waals surface area contributed by atoms with Crippen molar-refractivity contribution in [3.63, 3.8) is 0 Å². The van der Waals surface area contributed by atoms with Crippen LogP contribution in [0.4, 0.5) is 5.69 Å². The maximum atomic E-state index is 13.8. The van der Waals surface area contributed by atoms with Gasteiger partial charge in [-0.25, -0.2) is 4.99 Å². The van der Waals surface area contributed by atoms with E-state index < -0.39 is 6.04 Å². The first kappa shape index (κ1) is 24.9. The Bertz CT molecular complexity index is 1930. The van der Waals surface area contributed by atoms with Gasteiger partial charge in [-0.1, -0.05) is 53.3 Å². The summed E-state index contributed by atoms with van der Waals surface area (Å²) in [5.41, 5.74) is 2.03. The van der Waals surface area contributed by atoms with Gasteiger partial charge in [-0.15, -0.1) is 0 Å². The zero-order valence-corrected chi connectivity index (χ0v) is 22.5. The van der Waals surface area contributed by atoms with Crippen LogP contribution in [0.1, 0.15) is 30.2 Å². The second-order valence-electron chi connectivity index (χ2n) is 9.06. The Labute approximate surface area is 232 Å². The first-order valence-electron chi connectivity index (χ1n) is 12.2. The summed E-state index contributed by atoms with van der Waals surface area (Å²) >= 11 is 7.36. The third kappa shape index (κ3) is 4.80. The number of nitrogens with one attached hydrogen (secondary N) is 1. The molecule has 1 N–H and O–H groups in total. The molecule has 1 amide bonds. The van der Waals surface area contributed by atoms with Crippen LogP contribution < -0.4 is 20.2 Å². The molecule has 6 rings (SSSR count). The minimum atomic E-state index is -0.778. The Hall–Kier alpha value is -4.40. The molecule has 3 aromatic heterocycles. The molecule has 0 unspecified atom stereocenters. The van der Waals surface area contributed by atoms with Crippen molar-refractivity contribution >= 4 is 40.6 Å². The normalized spacial score (nSPS) is 15.3. The van der Waals surface area contributed by atoms with Crippen LogP contribution in [0.15, 0.2) is 109 Å². The standard InChI is InChI=1S/C30H22ClN3O4S/c1-17-11-13-24(37-17)27-26(28(35)33-21-9-4-3-5-10-21)18(2)32-30-34(27)29(36)25(39-30)16-22-12-14-23(38-22)19-7-6-8-20(31)15-19/h3-16,27H,1-2H3,(H,33,35)/b25-16+/t27-/m0/s1. The van der Waals surface area contributed by atoms with Crippen LogP contribution in [-0.2, 0) is 4.79 Å². The smallest absolute Gasteiger partial charge is 0.271 e. The molecule has 0 radical (unpaired) electrons. The highest BCUT2D eigenvalue weighted by molar-refractivity contribution is 7.07. The van der Waals surface area contributed by atoms with Crippen LogP contribution in [-0.4, -0.2) is 10.5 Å². The Morgan fingerprint density at radius 2 is 1.85 bits per heavy atom. The Balaban J connectivity index is 1.44. The summed E-state index contributed by atoms with van der Waals surface area (Å²) in [7, 11) is 0. The molecule has 1 atom stereocenters. The van der Waals surface area contributed by atoms with Crippen molar-refractivity contribution in [2.24, 2.45) is 4.99 Å². The summed E-state index contributed by atoms with van der Waals surface area (Å²) in [4.78, 5) is 32.4. The van der Waals surface area contributed by atoms with Gasteiger partial charge in [0.1, 0.15) is 29.1 Å². The van der Waals surface area contributed by atoms with Crippen molar-refractivity contribution in [2.75, 3.05) is 5.32 Å². The number of carbonyl (C=O) groups excluding carboxylic acids is 1. The lowest BCUT2D eigenvalue weighted by Crippen LogP contribution is -2.40. The number of nitrogens with zero attached hydrogens (tertiary/aromatic N) is 2. The van der Waals surface area contributed by atoms with Gasteiger partial charge in [0, 0.05) is 22.3 Å². The lowest BCUT2D eigenvalue weighted by Gasteiger charge is -2.23. The van der Waals surface area contributed by atoms with Gasteiger partial charge < -0.3 is 14.2 Å².